The Bertz CT molecular complexity index is 216. The molecule has 1 heterocycles. The van der Waals surface area contributed by atoms with Crippen molar-refractivity contribution in [3.8, 4) is 0 Å². The van der Waals surface area contributed by atoms with Crippen LogP contribution in [0.25, 0.3) is 0 Å². The third kappa shape index (κ3) is 3.39. The summed E-state index contributed by atoms with van der Waals surface area (Å²) in [5, 5.41) is 4.39. The van der Waals surface area contributed by atoms with Gasteiger partial charge in [-0.05, 0) is 25.7 Å². The van der Waals surface area contributed by atoms with Crippen LogP contribution in [0.4, 0.5) is 4.79 Å². The van der Waals surface area contributed by atoms with Gasteiger partial charge in [-0.2, -0.15) is 0 Å². The summed E-state index contributed by atoms with van der Waals surface area (Å²) in [5.74, 6) is 0. The van der Waals surface area contributed by atoms with Gasteiger partial charge in [-0.25, -0.2) is 10.1 Å². The monoisotopic (exact) mass is 223 g/mol. The zero-order valence-electron chi connectivity index (χ0n) is 10.2. The lowest BCUT2D eigenvalue weighted by molar-refractivity contribution is 0.190. The molecule has 1 aliphatic carbocycles. The molecule has 0 aromatic heterocycles. The Labute approximate surface area is 98.6 Å². The molecule has 3 heteroatoms. The van der Waals surface area contributed by atoms with Crippen LogP contribution in [0.1, 0.15) is 57.8 Å². The summed E-state index contributed by atoms with van der Waals surface area (Å²) < 4.78 is 0. The van der Waals surface area contributed by atoms with E-state index >= 15 is 0 Å². The van der Waals surface area contributed by atoms with Crippen LogP contribution in [0.15, 0.2) is 0 Å². The van der Waals surface area contributed by atoms with Gasteiger partial charge >= 0.3 is 6.03 Å². The van der Waals surface area contributed by atoms with Gasteiger partial charge in [-0.15, -0.1) is 0 Å². The molecule has 2 fully saturated rings. The third-order valence-electron chi connectivity index (χ3n) is 3.74. The number of hydrogen-bond acceptors (Lipinski definition) is 1. The number of nitrogens with zero attached hydrogens (tertiary/aromatic N) is 2. The summed E-state index contributed by atoms with van der Waals surface area (Å²) in [6.45, 7) is 1.85. The van der Waals surface area contributed by atoms with Crippen molar-refractivity contribution in [1.29, 1.82) is 0 Å². The van der Waals surface area contributed by atoms with Crippen LogP contribution in [0.3, 0.4) is 0 Å². The van der Waals surface area contributed by atoms with Crippen LogP contribution in [-0.2, 0) is 0 Å². The quantitative estimate of drug-likeness (QED) is 0.673. The first kappa shape index (κ1) is 11.7. The van der Waals surface area contributed by atoms with Gasteiger partial charge in [0, 0.05) is 13.1 Å². The summed E-state index contributed by atoms with van der Waals surface area (Å²) in [6.07, 6.45) is 10.9. The second-order valence-electron chi connectivity index (χ2n) is 5.10. The number of hydrogen-bond donors (Lipinski definition) is 0. The fourth-order valence-corrected chi connectivity index (χ4v) is 2.71. The second kappa shape index (κ2) is 6.12. The SMILES string of the molecule is O=C([N]C1CCCCC1)N1CCCCCC1. The van der Waals surface area contributed by atoms with Crippen LogP contribution in [-0.4, -0.2) is 30.1 Å². The van der Waals surface area contributed by atoms with Gasteiger partial charge in [0.2, 0.25) is 0 Å². The number of rotatable bonds is 1. The van der Waals surface area contributed by atoms with Crippen LogP contribution >= 0.6 is 0 Å². The minimum absolute atomic E-state index is 0.0637. The van der Waals surface area contributed by atoms with Gasteiger partial charge in [0.05, 0.1) is 6.04 Å². The summed E-state index contributed by atoms with van der Waals surface area (Å²) in [5.41, 5.74) is 0. The van der Waals surface area contributed by atoms with Gasteiger partial charge < -0.3 is 4.90 Å². The maximum absolute atomic E-state index is 12.0. The molecule has 16 heavy (non-hydrogen) atoms. The Morgan fingerprint density at radius 3 is 2.06 bits per heavy atom. The Balaban J connectivity index is 1.76. The van der Waals surface area contributed by atoms with E-state index in [4.69, 9.17) is 0 Å². The zero-order chi connectivity index (χ0) is 11.2. The molecule has 2 rings (SSSR count). The summed E-state index contributed by atoms with van der Waals surface area (Å²) in [4.78, 5) is 13.9. The second-order valence-corrected chi connectivity index (χ2v) is 5.10. The van der Waals surface area contributed by atoms with E-state index in [0.29, 0.717) is 6.04 Å². The normalized spacial score (nSPS) is 23.9. The van der Waals surface area contributed by atoms with Crippen LogP contribution < -0.4 is 5.32 Å². The highest BCUT2D eigenvalue weighted by atomic mass is 16.2. The van der Waals surface area contributed by atoms with E-state index in [-0.39, 0.29) is 6.03 Å². The van der Waals surface area contributed by atoms with Gasteiger partial charge in [0.1, 0.15) is 0 Å². The fourth-order valence-electron chi connectivity index (χ4n) is 2.71. The van der Waals surface area contributed by atoms with E-state index in [1.54, 1.807) is 0 Å². The molecular formula is C13H23N2O. The van der Waals surface area contributed by atoms with E-state index in [1.807, 2.05) is 4.90 Å². The van der Waals surface area contributed by atoms with Crippen molar-refractivity contribution in [3.63, 3.8) is 0 Å². The molecule has 2 amide bonds. The summed E-state index contributed by atoms with van der Waals surface area (Å²) >= 11 is 0. The molecule has 0 N–H and O–H groups in total. The van der Waals surface area contributed by atoms with Crippen LogP contribution in [0.5, 0.6) is 0 Å². The van der Waals surface area contributed by atoms with E-state index in [1.165, 1.54) is 32.1 Å². The van der Waals surface area contributed by atoms with Gasteiger partial charge in [-0.3, -0.25) is 0 Å². The van der Waals surface area contributed by atoms with E-state index in [9.17, 15) is 4.79 Å². The minimum Gasteiger partial charge on any atom is -0.323 e. The van der Waals surface area contributed by atoms with Crippen molar-refractivity contribution in [3.05, 3.63) is 0 Å². The highest BCUT2D eigenvalue weighted by Crippen LogP contribution is 2.19. The van der Waals surface area contributed by atoms with E-state index in [2.05, 4.69) is 5.32 Å². The fraction of sp³-hybridized carbons (Fsp3) is 0.923. The molecule has 1 saturated carbocycles. The number of carbonyl (C=O) groups is 1. The van der Waals surface area contributed by atoms with Crippen molar-refractivity contribution in [2.24, 2.45) is 0 Å². The lowest BCUT2D eigenvalue weighted by Crippen LogP contribution is -2.41. The predicted octanol–water partition coefficient (Wildman–Crippen LogP) is 2.92. The van der Waals surface area contributed by atoms with E-state index in [0.717, 1.165) is 38.8 Å². The minimum atomic E-state index is 0.0637. The molecular weight excluding hydrogens is 200 g/mol. The van der Waals surface area contributed by atoms with Crippen molar-refractivity contribution >= 4 is 6.03 Å². The first-order valence-electron chi connectivity index (χ1n) is 6.86. The molecule has 0 atom stereocenters. The van der Waals surface area contributed by atoms with Crippen molar-refractivity contribution < 1.29 is 4.79 Å². The van der Waals surface area contributed by atoms with Crippen molar-refractivity contribution in [1.82, 2.24) is 10.2 Å². The van der Waals surface area contributed by atoms with Gasteiger partial charge in [0.15, 0.2) is 0 Å². The van der Waals surface area contributed by atoms with Crippen LogP contribution in [0, 0.1) is 0 Å². The molecule has 0 aromatic carbocycles. The lowest BCUT2D eigenvalue weighted by Gasteiger charge is -2.25. The average molecular weight is 223 g/mol. The molecule has 2 aliphatic rings. The summed E-state index contributed by atoms with van der Waals surface area (Å²) in [6, 6.07) is 0.387. The largest absolute Gasteiger partial charge is 0.339 e. The molecule has 91 valence electrons. The Morgan fingerprint density at radius 1 is 0.875 bits per heavy atom. The maximum Gasteiger partial charge on any atom is 0.339 e. The molecule has 0 spiro atoms. The molecule has 0 aromatic rings. The maximum atomic E-state index is 12.0. The highest BCUT2D eigenvalue weighted by molar-refractivity contribution is 5.74. The van der Waals surface area contributed by atoms with Crippen LogP contribution in [0.2, 0.25) is 0 Å². The standard InChI is InChI=1S/C13H23N2O/c16-13(14-12-8-4-3-5-9-12)15-10-6-1-2-7-11-15/h12H,1-11H2. The molecule has 3 nitrogen and oxygen atoms in total. The molecule has 0 unspecified atom stereocenters. The van der Waals surface area contributed by atoms with Crippen molar-refractivity contribution in [2.75, 3.05) is 13.1 Å². The van der Waals surface area contributed by atoms with Gasteiger partial charge in [0.25, 0.3) is 0 Å². The third-order valence-corrected chi connectivity index (χ3v) is 3.74. The average Bonchev–Trinajstić information content (AvgIpc) is 2.59. The highest BCUT2D eigenvalue weighted by Gasteiger charge is 2.22. The first-order valence-corrected chi connectivity index (χ1v) is 6.86. The topological polar surface area (TPSA) is 34.4 Å². The zero-order valence-corrected chi connectivity index (χ0v) is 10.2. The predicted molar refractivity (Wildman–Crippen MR) is 64.4 cm³/mol. The number of amides is 2. The Morgan fingerprint density at radius 2 is 1.44 bits per heavy atom. The number of urea groups is 1. The molecule has 1 aliphatic heterocycles. The van der Waals surface area contributed by atoms with E-state index < -0.39 is 0 Å². The molecule has 1 saturated heterocycles. The number of likely N-dealkylation sites (tertiary alicyclic amines) is 1. The molecule has 0 bridgehead atoms. The Hall–Kier alpha value is -0.730. The first-order chi connectivity index (χ1) is 7.86. The summed E-state index contributed by atoms with van der Waals surface area (Å²) in [7, 11) is 0. The Kier molecular flexibility index (Phi) is 4.49. The van der Waals surface area contributed by atoms with Gasteiger partial charge in [-0.1, -0.05) is 32.1 Å². The molecule has 1 radical (unpaired) electrons. The number of carbonyl (C=O) groups excluding carboxylic acids is 1. The smallest absolute Gasteiger partial charge is 0.323 e. The van der Waals surface area contributed by atoms with Crippen molar-refractivity contribution in [2.45, 2.75) is 63.8 Å². The lowest BCUT2D eigenvalue weighted by atomic mass is 9.96.